The number of thiophene rings is 1. The molecule has 0 aliphatic carbocycles. The molecule has 3 heterocycles. The molecule has 0 bridgehead atoms. The van der Waals surface area contributed by atoms with Crippen molar-refractivity contribution in [1.29, 1.82) is 0 Å². The lowest BCUT2D eigenvalue weighted by Crippen LogP contribution is -2.53. The summed E-state index contributed by atoms with van der Waals surface area (Å²) in [7, 11) is 0. The first-order chi connectivity index (χ1) is 13.5. The molecule has 0 unspecified atom stereocenters. The molecule has 146 valence electrons. The Balaban J connectivity index is 1.35. The number of nitrogens with zero attached hydrogens (tertiary/aromatic N) is 2. The number of hydrogen-bond donors (Lipinski definition) is 3. The third-order valence-electron chi connectivity index (χ3n) is 5.04. The SMILES string of the molecule is C[C@H](C(=O)Nc1ccc2[nH]c(=O)[nH]c2c1)N1CCN(C(=O)c2cccs2)CC1. The average molecular weight is 399 g/mol. The topological polar surface area (TPSA) is 101 Å². The fraction of sp³-hybridized carbons (Fsp3) is 0.316. The zero-order valence-corrected chi connectivity index (χ0v) is 16.2. The van der Waals surface area contributed by atoms with Crippen molar-refractivity contribution in [3.05, 3.63) is 51.1 Å². The predicted octanol–water partition coefficient (Wildman–Crippen LogP) is 1.70. The molecule has 9 heteroatoms. The van der Waals surface area contributed by atoms with Gasteiger partial charge in [-0.2, -0.15) is 0 Å². The van der Waals surface area contributed by atoms with Crippen LogP contribution < -0.4 is 11.0 Å². The first kappa shape index (κ1) is 18.5. The molecule has 1 aliphatic heterocycles. The maximum absolute atomic E-state index is 12.6. The second-order valence-corrected chi connectivity index (χ2v) is 7.76. The van der Waals surface area contributed by atoms with Gasteiger partial charge in [-0.1, -0.05) is 6.07 Å². The highest BCUT2D eigenvalue weighted by Crippen LogP contribution is 2.17. The number of H-pyrrole nitrogens is 2. The van der Waals surface area contributed by atoms with Crippen LogP contribution in [-0.2, 0) is 4.79 Å². The molecule has 1 fully saturated rings. The lowest BCUT2D eigenvalue weighted by Gasteiger charge is -2.37. The lowest BCUT2D eigenvalue weighted by molar-refractivity contribution is -0.121. The van der Waals surface area contributed by atoms with Gasteiger partial charge in [0, 0.05) is 31.9 Å². The third-order valence-corrected chi connectivity index (χ3v) is 5.90. The van der Waals surface area contributed by atoms with Crippen molar-refractivity contribution >= 4 is 39.9 Å². The highest BCUT2D eigenvalue weighted by Gasteiger charge is 2.28. The maximum atomic E-state index is 12.6. The summed E-state index contributed by atoms with van der Waals surface area (Å²) in [5.41, 5.74) is 1.70. The maximum Gasteiger partial charge on any atom is 0.323 e. The van der Waals surface area contributed by atoms with E-state index < -0.39 is 0 Å². The van der Waals surface area contributed by atoms with Gasteiger partial charge < -0.3 is 20.2 Å². The molecule has 1 saturated heterocycles. The summed E-state index contributed by atoms with van der Waals surface area (Å²) < 4.78 is 0. The number of piperazine rings is 1. The minimum absolute atomic E-state index is 0.0561. The van der Waals surface area contributed by atoms with Crippen LogP contribution in [0.1, 0.15) is 16.6 Å². The van der Waals surface area contributed by atoms with Gasteiger partial charge >= 0.3 is 5.69 Å². The molecule has 3 aromatic rings. The standard InChI is InChI=1S/C19H21N5O3S/c1-12(17(25)20-13-4-5-14-15(11-13)22-19(27)21-14)23-6-8-24(9-7-23)18(26)16-3-2-10-28-16/h2-5,10-12H,6-9H2,1H3,(H,20,25)(H2,21,22,27)/t12-/m1/s1. The summed E-state index contributed by atoms with van der Waals surface area (Å²) in [5.74, 6) is -0.0594. The van der Waals surface area contributed by atoms with Crippen molar-refractivity contribution in [2.45, 2.75) is 13.0 Å². The van der Waals surface area contributed by atoms with Gasteiger partial charge in [0.1, 0.15) is 0 Å². The number of anilines is 1. The van der Waals surface area contributed by atoms with Gasteiger partial charge in [-0.05, 0) is 36.6 Å². The summed E-state index contributed by atoms with van der Waals surface area (Å²) in [6, 6.07) is 8.64. The number of imidazole rings is 1. The van der Waals surface area contributed by atoms with Gasteiger partial charge in [0.05, 0.1) is 22.0 Å². The first-order valence-electron chi connectivity index (χ1n) is 9.11. The minimum Gasteiger partial charge on any atom is -0.335 e. The fourth-order valence-electron chi connectivity index (χ4n) is 3.39. The van der Waals surface area contributed by atoms with E-state index in [1.807, 2.05) is 29.3 Å². The van der Waals surface area contributed by atoms with Gasteiger partial charge in [-0.25, -0.2) is 4.79 Å². The Morgan fingerprint density at radius 1 is 1.11 bits per heavy atom. The molecule has 3 N–H and O–H groups in total. The van der Waals surface area contributed by atoms with E-state index in [0.717, 1.165) is 4.88 Å². The highest BCUT2D eigenvalue weighted by molar-refractivity contribution is 7.12. The van der Waals surface area contributed by atoms with Gasteiger partial charge in [-0.15, -0.1) is 11.3 Å². The molecule has 1 atom stereocenters. The van der Waals surface area contributed by atoms with Crippen LogP contribution >= 0.6 is 11.3 Å². The molecule has 0 saturated carbocycles. The van der Waals surface area contributed by atoms with Gasteiger partial charge in [0.2, 0.25) is 5.91 Å². The number of rotatable bonds is 4. The number of fused-ring (bicyclic) bond motifs is 1. The number of carbonyl (C=O) groups excluding carboxylic acids is 2. The first-order valence-corrected chi connectivity index (χ1v) is 9.99. The summed E-state index contributed by atoms with van der Waals surface area (Å²) in [6.07, 6.45) is 0. The smallest absolute Gasteiger partial charge is 0.323 e. The monoisotopic (exact) mass is 399 g/mol. The van der Waals surface area contributed by atoms with Crippen molar-refractivity contribution in [3.63, 3.8) is 0 Å². The van der Waals surface area contributed by atoms with Crippen LogP contribution in [0, 0.1) is 0 Å². The van der Waals surface area contributed by atoms with Crippen LogP contribution in [0.15, 0.2) is 40.5 Å². The van der Waals surface area contributed by atoms with E-state index in [9.17, 15) is 14.4 Å². The lowest BCUT2D eigenvalue weighted by atomic mass is 10.2. The number of aromatic nitrogens is 2. The van der Waals surface area contributed by atoms with Crippen LogP contribution in [0.25, 0.3) is 11.0 Å². The van der Waals surface area contributed by atoms with E-state index in [1.165, 1.54) is 11.3 Å². The van der Waals surface area contributed by atoms with Gasteiger partial charge in [-0.3, -0.25) is 14.5 Å². The Kier molecular flexibility index (Phi) is 5.01. The largest absolute Gasteiger partial charge is 0.335 e. The van der Waals surface area contributed by atoms with Crippen molar-refractivity contribution < 1.29 is 9.59 Å². The molecule has 0 radical (unpaired) electrons. The normalized spacial score (nSPS) is 16.2. The summed E-state index contributed by atoms with van der Waals surface area (Å²) in [5, 5.41) is 4.80. The molecule has 1 aromatic carbocycles. The predicted molar refractivity (Wildman–Crippen MR) is 109 cm³/mol. The Morgan fingerprint density at radius 3 is 2.57 bits per heavy atom. The molecule has 28 heavy (non-hydrogen) atoms. The Morgan fingerprint density at radius 2 is 1.86 bits per heavy atom. The van der Waals surface area contributed by atoms with Gasteiger partial charge in [0.15, 0.2) is 0 Å². The molecule has 2 aromatic heterocycles. The van der Waals surface area contributed by atoms with Crippen LogP contribution in [0.5, 0.6) is 0 Å². The second-order valence-electron chi connectivity index (χ2n) is 6.81. The Labute approximate surface area is 165 Å². The number of carbonyl (C=O) groups is 2. The van der Waals surface area contributed by atoms with E-state index in [0.29, 0.717) is 42.9 Å². The highest BCUT2D eigenvalue weighted by atomic mass is 32.1. The molecule has 1 aliphatic rings. The molecule has 8 nitrogen and oxygen atoms in total. The zero-order valence-electron chi connectivity index (χ0n) is 15.4. The van der Waals surface area contributed by atoms with E-state index in [2.05, 4.69) is 20.2 Å². The zero-order chi connectivity index (χ0) is 19.7. The van der Waals surface area contributed by atoms with Crippen molar-refractivity contribution in [3.8, 4) is 0 Å². The molecular formula is C19H21N5O3S. The van der Waals surface area contributed by atoms with Crippen molar-refractivity contribution in [1.82, 2.24) is 19.8 Å². The number of aromatic amines is 2. The molecule has 0 spiro atoms. The molecule has 2 amide bonds. The Hall–Kier alpha value is -2.91. The van der Waals surface area contributed by atoms with Crippen LogP contribution in [0.3, 0.4) is 0 Å². The van der Waals surface area contributed by atoms with Crippen molar-refractivity contribution in [2.75, 3.05) is 31.5 Å². The fourth-order valence-corrected chi connectivity index (χ4v) is 4.08. The number of amides is 2. The van der Waals surface area contributed by atoms with Crippen molar-refractivity contribution in [2.24, 2.45) is 0 Å². The average Bonchev–Trinajstić information content (AvgIpc) is 3.35. The quantitative estimate of drug-likeness (QED) is 0.622. The van der Waals surface area contributed by atoms with Gasteiger partial charge in [0.25, 0.3) is 5.91 Å². The van der Waals surface area contributed by atoms with Crippen LogP contribution in [0.2, 0.25) is 0 Å². The van der Waals surface area contributed by atoms with E-state index in [4.69, 9.17) is 0 Å². The summed E-state index contributed by atoms with van der Waals surface area (Å²) in [6.45, 7) is 4.37. The molecule has 4 rings (SSSR count). The van der Waals surface area contributed by atoms with E-state index >= 15 is 0 Å². The summed E-state index contributed by atoms with van der Waals surface area (Å²) in [4.78, 5) is 46.4. The van der Waals surface area contributed by atoms with E-state index in [1.54, 1.807) is 18.2 Å². The third kappa shape index (κ3) is 3.71. The number of nitrogens with one attached hydrogen (secondary N) is 3. The molecular weight excluding hydrogens is 378 g/mol. The van der Waals surface area contributed by atoms with Crippen LogP contribution in [-0.4, -0.2) is 63.8 Å². The number of benzene rings is 1. The Bertz CT molecular complexity index is 1050. The minimum atomic E-state index is -0.319. The second kappa shape index (κ2) is 7.61. The van der Waals surface area contributed by atoms with E-state index in [-0.39, 0.29) is 23.5 Å². The van der Waals surface area contributed by atoms with Crippen LogP contribution in [0.4, 0.5) is 5.69 Å². The summed E-state index contributed by atoms with van der Waals surface area (Å²) >= 11 is 1.45. The number of hydrogen-bond acceptors (Lipinski definition) is 5.